The molecule has 0 aliphatic rings. The average Bonchev–Trinajstić information content (AvgIpc) is 3.23. The molecule has 31 heavy (non-hydrogen) atoms. The number of ether oxygens (including phenoxy) is 1. The van der Waals surface area contributed by atoms with Crippen LogP contribution in [0.5, 0.6) is 5.75 Å². The third kappa shape index (κ3) is 6.82. The third-order valence-electron chi connectivity index (χ3n) is 4.70. The predicted molar refractivity (Wildman–Crippen MR) is 121 cm³/mol. The van der Waals surface area contributed by atoms with Gasteiger partial charge in [0.05, 0.1) is 25.0 Å². The van der Waals surface area contributed by atoms with Crippen LogP contribution in [0.25, 0.3) is 0 Å². The van der Waals surface area contributed by atoms with Crippen LogP contribution in [0.4, 0.5) is 0 Å². The van der Waals surface area contributed by atoms with E-state index in [1.807, 2.05) is 62.6 Å². The van der Waals surface area contributed by atoms with Gasteiger partial charge in [-0.15, -0.1) is 0 Å². The summed E-state index contributed by atoms with van der Waals surface area (Å²) in [5.74, 6) is 1.40. The lowest BCUT2D eigenvalue weighted by Gasteiger charge is -2.23. The molecule has 0 saturated carbocycles. The number of guanidine groups is 1. The second-order valence-electron chi connectivity index (χ2n) is 7.48. The highest BCUT2D eigenvalue weighted by Gasteiger charge is 2.24. The fourth-order valence-corrected chi connectivity index (χ4v) is 2.94. The first-order chi connectivity index (χ1) is 15.0. The minimum atomic E-state index is -1.07. The van der Waals surface area contributed by atoms with Crippen molar-refractivity contribution in [3.8, 4) is 5.75 Å². The van der Waals surface area contributed by atoms with Gasteiger partial charge in [-0.25, -0.2) is 4.99 Å². The molecular weight excluding hydrogens is 392 g/mol. The van der Waals surface area contributed by atoms with E-state index in [1.54, 1.807) is 24.0 Å². The Morgan fingerprint density at radius 3 is 2.81 bits per heavy atom. The zero-order chi connectivity index (χ0) is 22.1. The zero-order valence-corrected chi connectivity index (χ0v) is 18.2. The second kappa shape index (κ2) is 10.6. The maximum atomic E-state index is 10.8. The van der Waals surface area contributed by atoms with E-state index in [0.717, 1.165) is 22.6 Å². The predicted octanol–water partition coefficient (Wildman–Crippen LogP) is 2.36. The van der Waals surface area contributed by atoms with Crippen molar-refractivity contribution in [2.45, 2.75) is 32.6 Å². The largest absolute Gasteiger partial charge is 0.487 e. The van der Waals surface area contributed by atoms with Gasteiger partial charge in [-0.2, -0.15) is 5.10 Å². The van der Waals surface area contributed by atoms with E-state index in [1.165, 1.54) is 0 Å². The van der Waals surface area contributed by atoms with Gasteiger partial charge >= 0.3 is 0 Å². The quantitative estimate of drug-likeness (QED) is 0.362. The molecule has 2 aromatic heterocycles. The Kier molecular flexibility index (Phi) is 7.61. The molecule has 8 nitrogen and oxygen atoms in total. The zero-order valence-electron chi connectivity index (χ0n) is 18.2. The summed E-state index contributed by atoms with van der Waals surface area (Å²) < 4.78 is 7.52. The van der Waals surface area contributed by atoms with E-state index < -0.39 is 5.60 Å². The van der Waals surface area contributed by atoms with Crippen LogP contribution in [-0.4, -0.2) is 38.9 Å². The van der Waals surface area contributed by atoms with Crippen molar-refractivity contribution < 1.29 is 9.84 Å². The maximum Gasteiger partial charge on any atom is 0.191 e. The van der Waals surface area contributed by atoms with E-state index in [9.17, 15) is 5.11 Å². The Morgan fingerprint density at radius 1 is 1.23 bits per heavy atom. The van der Waals surface area contributed by atoms with E-state index in [0.29, 0.717) is 32.2 Å². The summed E-state index contributed by atoms with van der Waals surface area (Å²) in [5.41, 5.74) is 1.58. The van der Waals surface area contributed by atoms with Crippen molar-refractivity contribution in [1.29, 1.82) is 0 Å². The molecule has 0 bridgehead atoms. The summed E-state index contributed by atoms with van der Waals surface area (Å²) in [6.45, 7) is 5.67. The summed E-state index contributed by atoms with van der Waals surface area (Å²) in [6, 6.07) is 13.6. The Bertz CT molecular complexity index is 984. The van der Waals surface area contributed by atoms with E-state index in [2.05, 4.69) is 25.7 Å². The molecule has 8 heteroatoms. The van der Waals surface area contributed by atoms with Crippen molar-refractivity contribution in [3.63, 3.8) is 0 Å². The number of benzene rings is 1. The fourth-order valence-electron chi connectivity index (χ4n) is 2.94. The highest BCUT2D eigenvalue weighted by atomic mass is 16.5. The molecule has 3 N–H and O–H groups in total. The standard InChI is InChI=1S/C23H30N6O2/c1-4-24-22(27-17-23(2,30)19-14-28-29(3)15-19)26-13-18-8-7-10-21(12-18)31-16-20-9-5-6-11-25-20/h5-12,14-15,30H,4,13,16-17H2,1-3H3,(H2,24,26,27). The lowest BCUT2D eigenvalue weighted by Crippen LogP contribution is -2.44. The van der Waals surface area contributed by atoms with Crippen LogP contribution in [-0.2, 0) is 25.8 Å². The van der Waals surface area contributed by atoms with Crippen molar-refractivity contribution in [2.75, 3.05) is 13.1 Å². The summed E-state index contributed by atoms with van der Waals surface area (Å²) in [7, 11) is 1.83. The first-order valence-electron chi connectivity index (χ1n) is 10.3. The molecule has 3 rings (SSSR count). The van der Waals surface area contributed by atoms with Gasteiger partial charge in [0.25, 0.3) is 0 Å². The number of rotatable bonds is 9. The van der Waals surface area contributed by atoms with Gasteiger partial charge in [0, 0.05) is 31.5 Å². The average molecular weight is 423 g/mol. The van der Waals surface area contributed by atoms with Gasteiger partial charge < -0.3 is 20.5 Å². The molecule has 3 aromatic rings. The molecule has 0 spiro atoms. The molecule has 0 fully saturated rings. The highest BCUT2D eigenvalue weighted by Crippen LogP contribution is 2.18. The van der Waals surface area contributed by atoms with Crippen molar-refractivity contribution in [1.82, 2.24) is 25.4 Å². The molecule has 1 atom stereocenters. The third-order valence-corrected chi connectivity index (χ3v) is 4.70. The summed E-state index contributed by atoms with van der Waals surface area (Å²) in [4.78, 5) is 8.91. The Hall–Kier alpha value is -3.39. The molecular formula is C23H30N6O2. The number of hydrogen-bond donors (Lipinski definition) is 3. The fraction of sp³-hybridized carbons (Fsp3) is 0.348. The van der Waals surface area contributed by atoms with E-state index >= 15 is 0 Å². The van der Waals surface area contributed by atoms with Gasteiger partial charge in [-0.3, -0.25) is 9.67 Å². The monoisotopic (exact) mass is 422 g/mol. The van der Waals surface area contributed by atoms with Gasteiger partial charge in [0.15, 0.2) is 5.96 Å². The molecule has 1 unspecified atom stereocenters. The molecule has 164 valence electrons. The molecule has 0 saturated heterocycles. The van der Waals surface area contributed by atoms with Crippen LogP contribution < -0.4 is 15.4 Å². The minimum Gasteiger partial charge on any atom is -0.487 e. The number of nitrogens with one attached hydrogen (secondary N) is 2. The highest BCUT2D eigenvalue weighted by molar-refractivity contribution is 5.79. The number of hydrogen-bond acceptors (Lipinski definition) is 5. The Balaban J connectivity index is 1.59. The molecule has 1 aromatic carbocycles. The van der Waals surface area contributed by atoms with Crippen molar-refractivity contribution in [2.24, 2.45) is 12.0 Å². The van der Waals surface area contributed by atoms with Crippen LogP contribution in [0, 0.1) is 0 Å². The number of aryl methyl sites for hydroxylation is 1. The normalized spacial score (nSPS) is 13.5. The van der Waals surface area contributed by atoms with Crippen LogP contribution in [0.1, 0.15) is 30.7 Å². The van der Waals surface area contributed by atoms with Gasteiger partial charge in [-0.05, 0) is 43.7 Å². The second-order valence-corrected chi connectivity index (χ2v) is 7.48. The first kappa shape index (κ1) is 22.3. The molecule has 2 heterocycles. The number of aliphatic hydroxyl groups is 1. The van der Waals surface area contributed by atoms with Crippen LogP contribution in [0.3, 0.4) is 0 Å². The number of nitrogens with zero attached hydrogens (tertiary/aromatic N) is 4. The molecule has 0 aliphatic carbocycles. The number of aliphatic imine (C=N–C) groups is 1. The van der Waals surface area contributed by atoms with Crippen LogP contribution >= 0.6 is 0 Å². The van der Waals surface area contributed by atoms with E-state index in [-0.39, 0.29) is 0 Å². The smallest absolute Gasteiger partial charge is 0.191 e. The van der Waals surface area contributed by atoms with Crippen molar-refractivity contribution in [3.05, 3.63) is 77.9 Å². The lowest BCUT2D eigenvalue weighted by atomic mass is 10.00. The molecule has 0 radical (unpaired) electrons. The first-order valence-corrected chi connectivity index (χ1v) is 10.3. The maximum absolute atomic E-state index is 10.8. The Labute approximate surface area is 183 Å². The van der Waals surface area contributed by atoms with Gasteiger partial charge in [0.1, 0.15) is 18.0 Å². The van der Waals surface area contributed by atoms with Gasteiger partial charge in [-0.1, -0.05) is 18.2 Å². The lowest BCUT2D eigenvalue weighted by molar-refractivity contribution is 0.0616. The number of aromatic nitrogens is 3. The van der Waals surface area contributed by atoms with E-state index in [4.69, 9.17) is 4.74 Å². The summed E-state index contributed by atoms with van der Waals surface area (Å²) >= 11 is 0. The van der Waals surface area contributed by atoms with Crippen LogP contribution in [0.15, 0.2) is 66.0 Å². The minimum absolute atomic E-state index is 0.303. The molecule has 0 aliphatic heterocycles. The topological polar surface area (TPSA) is 96.6 Å². The number of pyridine rings is 1. The Morgan fingerprint density at radius 2 is 2.10 bits per heavy atom. The van der Waals surface area contributed by atoms with Crippen molar-refractivity contribution >= 4 is 5.96 Å². The van der Waals surface area contributed by atoms with Crippen LogP contribution in [0.2, 0.25) is 0 Å². The van der Waals surface area contributed by atoms with Gasteiger partial charge in [0.2, 0.25) is 0 Å². The molecule has 0 amide bonds. The summed E-state index contributed by atoms with van der Waals surface area (Å²) in [6.07, 6.45) is 5.23. The summed E-state index contributed by atoms with van der Waals surface area (Å²) in [5, 5.41) is 21.3. The SMILES string of the molecule is CCNC(=NCc1cccc(OCc2ccccn2)c1)NCC(C)(O)c1cnn(C)c1.